The van der Waals surface area contributed by atoms with E-state index in [1.54, 1.807) is 0 Å². The Morgan fingerprint density at radius 3 is 1.81 bits per heavy atom. The summed E-state index contributed by atoms with van der Waals surface area (Å²) in [6, 6.07) is -3.96. The van der Waals surface area contributed by atoms with Gasteiger partial charge >= 0.3 is 0 Å². The summed E-state index contributed by atoms with van der Waals surface area (Å²) < 4.78 is 5.31. The molecule has 7 atom stereocenters. The summed E-state index contributed by atoms with van der Waals surface area (Å²) in [4.78, 5) is 67.3. The SMILES string of the molecule is CC(C)C[C@H](NC(=O)[C@H](CCP)NC(=O)CN1CCOCC1)C(=O)N[C@@H](CP)C(=O)N[C@@H](CC(C)C)C(=O)[C@](C)(O)CO. The number of hydrogen-bond acceptors (Lipinski definition) is 9. The van der Waals surface area contributed by atoms with Gasteiger partial charge in [-0.2, -0.15) is 0 Å². The largest absolute Gasteiger partial charge is 0.393 e. The van der Waals surface area contributed by atoms with Crippen LogP contribution in [0.4, 0.5) is 0 Å². The maximum absolute atomic E-state index is 13.4. The standard InChI is InChI=1S/C28H53N5O8P2/c1-17(2)12-20(24(36)28(5,40)16-34)30-27(39)22(15-43)32-26(38)21(13-18(3)4)31-25(37)19(6-11-42)29-23(35)14-33-7-9-41-10-8-33/h17-22,34,40H,6-16,42-43H2,1-5H3,(H,29,35)(H,30,39)(H,31,37)(H,32,38)/t19-,20-,21-,22-,28+/m0/s1. The molecular weight excluding hydrogens is 596 g/mol. The summed E-state index contributed by atoms with van der Waals surface area (Å²) in [7, 11) is 4.91. The second-order valence-electron chi connectivity index (χ2n) is 12.1. The highest BCUT2D eigenvalue weighted by Gasteiger charge is 2.38. The van der Waals surface area contributed by atoms with E-state index < -0.39 is 59.9 Å². The lowest BCUT2D eigenvalue weighted by atomic mass is 9.90. The van der Waals surface area contributed by atoms with E-state index in [0.29, 0.717) is 38.9 Å². The fourth-order valence-corrected chi connectivity index (χ4v) is 5.21. The molecule has 0 aromatic carbocycles. The van der Waals surface area contributed by atoms with Gasteiger partial charge in [-0.1, -0.05) is 27.7 Å². The van der Waals surface area contributed by atoms with Crippen LogP contribution in [0.2, 0.25) is 0 Å². The van der Waals surface area contributed by atoms with E-state index in [-0.39, 0.29) is 43.3 Å². The molecule has 6 N–H and O–H groups in total. The highest BCUT2D eigenvalue weighted by Crippen LogP contribution is 2.15. The Morgan fingerprint density at radius 2 is 1.30 bits per heavy atom. The van der Waals surface area contributed by atoms with E-state index in [4.69, 9.17) is 4.74 Å². The third kappa shape index (κ3) is 14.3. The summed E-state index contributed by atoms with van der Waals surface area (Å²) in [5, 5.41) is 30.6. The number of carbonyl (C=O) groups is 5. The second kappa shape index (κ2) is 19.6. The number of aliphatic hydroxyl groups excluding tert-OH is 1. The minimum atomic E-state index is -2.04. The van der Waals surface area contributed by atoms with Crippen molar-refractivity contribution in [3.05, 3.63) is 0 Å². The van der Waals surface area contributed by atoms with Gasteiger partial charge in [0.05, 0.1) is 32.4 Å². The van der Waals surface area contributed by atoms with Crippen LogP contribution in [0, 0.1) is 11.8 Å². The molecule has 1 fully saturated rings. The number of ether oxygens (including phenoxy) is 1. The van der Waals surface area contributed by atoms with Crippen LogP contribution in [-0.2, 0) is 28.7 Å². The van der Waals surface area contributed by atoms with Crippen LogP contribution in [0.3, 0.4) is 0 Å². The fraction of sp³-hybridized carbons (Fsp3) is 0.821. The second-order valence-corrected chi connectivity index (χ2v) is 13.1. The lowest BCUT2D eigenvalue weighted by molar-refractivity contribution is -0.144. The topological polar surface area (TPSA) is 186 Å². The van der Waals surface area contributed by atoms with Gasteiger partial charge in [-0.3, -0.25) is 28.9 Å². The van der Waals surface area contributed by atoms with Crippen molar-refractivity contribution in [2.45, 2.75) is 83.6 Å². The van der Waals surface area contributed by atoms with Crippen molar-refractivity contribution in [1.29, 1.82) is 0 Å². The van der Waals surface area contributed by atoms with Gasteiger partial charge < -0.3 is 36.2 Å². The number of hydrogen-bond donors (Lipinski definition) is 6. The highest BCUT2D eigenvalue weighted by atomic mass is 31.0. The normalized spacial score (nSPS) is 18.2. The van der Waals surface area contributed by atoms with Crippen molar-refractivity contribution in [2.24, 2.45) is 11.8 Å². The predicted molar refractivity (Wildman–Crippen MR) is 170 cm³/mol. The zero-order chi connectivity index (χ0) is 32.7. The molecule has 0 bridgehead atoms. The van der Waals surface area contributed by atoms with Gasteiger partial charge in [0.2, 0.25) is 23.6 Å². The van der Waals surface area contributed by atoms with E-state index in [0.717, 1.165) is 0 Å². The van der Waals surface area contributed by atoms with Gasteiger partial charge in [0.25, 0.3) is 0 Å². The molecule has 0 saturated carbocycles. The van der Waals surface area contributed by atoms with Crippen LogP contribution < -0.4 is 21.3 Å². The van der Waals surface area contributed by atoms with Crippen LogP contribution in [0.25, 0.3) is 0 Å². The van der Waals surface area contributed by atoms with Crippen LogP contribution in [-0.4, -0.2) is 126 Å². The molecule has 2 unspecified atom stereocenters. The predicted octanol–water partition coefficient (Wildman–Crippen LogP) is -1.20. The van der Waals surface area contributed by atoms with Crippen molar-refractivity contribution in [3.63, 3.8) is 0 Å². The lowest BCUT2D eigenvalue weighted by Crippen LogP contribution is -2.60. The van der Waals surface area contributed by atoms with Crippen molar-refractivity contribution in [1.82, 2.24) is 26.2 Å². The van der Waals surface area contributed by atoms with Crippen molar-refractivity contribution >= 4 is 47.9 Å². The van der Waals surface area contributed by atoms with Gasteiger partial charge in [0.15, 0.2) is 5.78 Å². The molecule has 0 spiro atoms. The van der Waals surface area contributed by atoms with Gasteiger partial charge in [0.1, 0.15) is 23.7 Å². The smallest absolute Gasteiger partial charge is 0.243 e. The number of aliphatic hydroxyl groups is 2. The molecule has 1 rings (SSSR count). The lowest BCUT2D eigenvalue weighted by Gasteiger charge is -2.29. The fourth-order valence-electron chi connectivity index (χ4n) is 4.55. The van der Waals surface area contributed by atoms with E-state index in [1.165, 1.54) is 6.92 Å². The average molecular weight is 650 g/mol. The third-order valence-electron chi connectivity index (χ3n) is 6.97. The Hall–Kier alpha value is -1.75. The Morgan fingerprint density at radius 1 is 0.814 bits per heavy atom. The summed E-state index contributed by atoms with van der Waals surface area (Å²) in [6.45, 7) is 10.3. The van der Waals surface area contributed by atoms with Gasteiger partial charge in [0, 0.05) is 13.1 Å². The molecule has 15 heteroatoms. The Labute approximate surface area is 260 Å². The molecule has 0 aliphatic carbocycles. The molecule has 0 radical (unpaired) electrons. The van der Waals surface area contributed by atoms with Crippen LogP contribution in [0.1, 0.15) is 53.9 Å². The van der Waals surface area contributed by atoms with E-state index in [2.05, 4.69) is 39.7 Å². The van der Waals surface area contributed by atoms with Gasteiger partial charge in [-0.25, -0.2) is 0 Å². The number of carbonyl (C=O) groups excluding carboxylic acids is 5. The van der Waals surface area contributed by atoms with E-state index >= 15 is 0 Å². The number of nitrogens with zero attached hydrogens (tertiary/aromatic N) is 1. The quantitative estimate of drug-likeness (QED) is 0.0936. The number of ketones is 1. The molecule has 4 amide bonds. The first kappa shape index (κ1) is 39.3. The number of rotatable bonds is 19. The first-order valence-electron chi connectivity index (χ1n) is 14.9. The molecule has 1 aliphatic rings. The molecule has 1 heterocycles. The maximum atomic E-state index is 13.4. The zero-order valence-electron chi connectivity index (χ0n) is 26.2. The molecule has 0 aromatic rings. The van der Waals surface area contributed by atoms with Crippen LogP contribution in [0.5, 0.6) is 0 Å². The molecule has 248 valence electrons. The summed E-state index contributed by atoms with van der Waals surface area (Å²) >= 11 is 0. The number of Topliss-reactive ketones (excluding diaryl/α,β-unsaturated/α-hetero) is 1. The summed E-state index contributed by atoms with van der Waals surface area (Å²) in [5.74, 6) is -2.74. The molecule has 43 heavy (non-hydrogen) atoms. The first-order valence-corrected chi connectivity index (χ1v) is 16.6. The molecular formula is C28H53N5O8P2. The van der Waals surface area contributed by atoms with Crippen molar-refractivity contribution in [2.75, 3.05) is 51.8 Å². The minimum absolute atomic E-state index is 0.0118. The first-order chi connectivity index (χ1) is 20.1. The molecule has 13 nitrogen and oxygen atoms in total. The number of nitrogens with one attached hydrogen (secondary N) is 4. The molecule has 0 aromatic heterocycles. The summed E-state index contributed by atoms with van der Waals surface area (Å²) in [6.07, 6.45) is 1.52. The molecule has 1 saturated heterocycles. The van der Waals surface area contributed by atoms with Gasteiger partial charge in [-0.05, 0) is 50.3 Å². The maximum Gasteiger partial charge on any atom is 0.243 e. The third-order valence-corrected chi connectivity index (χ3v) is 7.77. The van der Waals surface area contributed by atoms with Crippen molar-refractivity contribution < 1.29 is 38.9 Å². The van der Waals surface area contributed by atoms with Crippen LogP contribution in [0.15, 0.2) is 0 Å². The zero-order valence-corrected chi connectivity index (χ0v) is 28.5. The van der Waals surface area contributed by atoms with Crippen molar-refractivity contribution in [3.8, 4) is 0 Å². The van der Waals surface area contributed by atoms with Gasteiger partial charge in [-0.15, -0.1) is 18.5 Å². The van der Waals surface area contributed by atoms with E-state index in [9.17, 15) is 34.2 Å². The Balaban J connectivity index is 2.97. The average Bonchev–Trinajstić information content (AvgIpc) is 2.94. The van der Waals surface area contributed by atoms with Crippen LogP contribution >= 0.6 is 18.5 Å². The Kier molecular flexibility index (Phi) is 17.9. The summed E-state index contributed by atoms with van der Waals surface area (Å²) in [5.41, 5.74) is -2.04. The Bertz CT molecular complexity index is 931. The highest BCUT2D eigenvalue weighted by molar-refractivity contribution is 7.16. The molecule has 1 aliphatic heterocycles. The van der Waals surface area contributed by atoms with E-state index in [1.807, 2.05) is 32.6 Å². The number of amides is 4. The monoisotopic (exact) mass is 649 g/mol. The number of morpholine rings is 1. The minimum Gasteiger partial charge on any atom is -0.393 e.